The molecule has 2 aromatic carbocycles. The van der Waals surface area contributed by atoms with Gasteiger partial charge in [-0.05, 0) is 60.2 Å². The molecule has 4 N–H and O–H groups in total. The maximum atomic E-state index is 13.2. The van der Waals surface area contributed by atoms with E-state index in [2.05, 4.69) is 15.6 Å². The van der Waals surface area contributed by atoms with Crippen LogP contribution < -0.4 is 20.1 Å². The van der Waals surface area contributed by atoms with Gasteiger partial charge in [0.15, 0.2) is 11.5 Å². The lowest BCUT2D eigenvalue weighted by atomic mass is 9.87. The summed E-state index contributed by atoms with van der Waals surface area (Å²) in [6, 6.07) is 12.6. The normalized spacial score (nSPS) is 16.8. The van der Waals surface area contributed by atoms with Gasteiger partial charge in [-0.1, -0.05) is 26.8 Å². The van der Waals surface area contributed by atoms with E-state index in [9.17, 15) is 14.7 Å². The summed E-state index contributed by atoms with van der Waals surface area (Å²) in [5, 5.41) is 16.4. The first-order chi connectivity index (χ1) is 16.2. The molecule has 1 aliphatic carbocycles. The predicted octanol–water partition coefficient (Wildman–Crippen LogP) is 4.69. The van der Waals surface area contributed by atoms with Gasteiger partial charge in [-0.2, -0.15) is 0 Å². The van der Waals surface area contributed by atoms with E-state index < -0.39 is 5.41 Å². The van der Waals surface area contributed by atoms with Gasteiger partial charge < -0.3 is 30.2 Å². The van der Waals surface area contributed by atoms with E-state index in [1.807, 2.05) is 57.2 Å². The van der Waals surface area contributed by atoms with Crippen molar-refractivity contribution in [3.05, 3.63) is 53.7 Å². The second-order valence-electron chi connectivity index (χ2n) is 10.2. The third-order valence-corrected chi connectivity index (χ3v) is 6.77. The van der Waals surface area contributed by atoms with Crippen LogP contribution in [-0.2, 0) is 10.2 Å². The number of rotatable bonds is 6. The summed E-state index contributed by atoms with van der Waals surface area (Å²) >= 11 is 0. The number of carbonyl (C=O) groups excluding carboxylic acids is 2. The minimum Gasteiger partial charge on any atom is -0.454 e. The Bertz CT molecular complexity index is 1290. The number of ether oxygens (including phenoxy) is 2. The summed E-state index contributed by atoms with van der Waals surface area (Å²) in [7, 11) is 0. The zero-order valence-electron chi connectivity index (χ0n) is 19.5. The van der Waals surface area contributed by atoms with Crippen molar-refractivity contribution in [2.24, 2.45) is 5.41 Å². The van der Waals surface area contributed by atoms with Crippen LogP contribution in [0.5, 0.6) is 11.5 Å². The molecule has 186 valence electrons. The summed E-state index contributed by atoms with van der Waals surface area (Å²) in [5.41, 5.74) is 1.94. The third-order valence-electron chi connectivity index (χ3n) is 6.77. The first-order valence-corrected chi connectivity index (χ1v) is 11.5. The van der Waals surface area contributed by atoms with Gasteiger partial charge in [0.1, 0.15) is 5.69 Å². The molecule has 34 heavy (non-hydrogen) atoms. The number of amides is 2. The Balaban J connectivity index is 0.00000180. The SMILES string of the molecule is CC(C)(C)C(CO)NC(=O)c1cc2cc(NC(=O)C3(c4ccc5c(c4)OCO5)CC3)ccc2[nH]1.[HH].[HH].[HH].[HH]. The molecule has 0 bridgehead atoms. The fourth-order valence-corrected chi connectivity index (χ4v) is 4.32. The Hall–Kier alpha value is -3.52. The largest absolute Gasteiger partial charge is 0.454 e. The lowest BCUT2D eigenvalue weighted by molar-refractivity contribution is -0.118. The molecule has 3 aromatic rings. The number of aromatic amines is 1. The summed E-state index contributed by atoms with van der Waals surface area (Å²) in [5.74, 6) is 1.03. The zero-order chi connectivity index (χ0) is 24.1. The molecule has 1 fully saturated rings. The van der Waals surface area contributed by atoms with Crippen LogP contribution in [0.4, 0.5) is 5.69 Å². The van der Waals surface area contributed by atoms with Crippen molar-refractivity contribution in [1.82, 2.24) is 10.3 Å². The van der Waals surface area contributed by atoms with Crippen LogP contribution in [0, 0.1) is 5.41 Å². The van der Waals surface area contributed by atoms with Crippen LogP contribution in [0.25, 0.3) is 10.9 Å². The maximum Gasteiger partial charge on any atom is 0.268 e. The molecule has 5 rings (SSSR count). The molecule has 1 unspecified atom stereocenters. The van der Waals surface area contributed by atoms with Crippen molar-refractivity contribution in [2.45, 2.75) is 45.1 Å². The molecule has 0 radical (unpaired) electrons. The van der Waals surface area contributed by atoms with Crippen molar-refractivity contribution in [2.75, 3.05) is 18.7 Å². The van der Waals surface area contributed by atoms with E-state index in [-0.39, 0.29) is 42.4 Å². The van der Waals surface area contributed by atoms with Gasteiger partial charge in [-0.25, -0.2) is 0 Å². The molecule has 8 nitrogen and oxygen atoms in total. The van der Waals surface area contributed by atoms with E-state index in [1.165, 1.54) is 0 Å². The Labute approximate surface area is 203 Å². The molecule has 1 aromatic heterocycles. The van der Waals surface area contributed by atoms with Crippen molar-refractivity contribution in [3.8, 4) is 11.5 Å². The molecule has 2 amide bonds. The van der Waals surface area contributed by atoms with Gasteiger partial charge in [0, 0.05) is 22.3 Å². The fraction of sp³-hybridized carbons (Fsp3) is 0.385. The molecule has 0 spiro atoms. The van der Waals surface area contributed by atoms with Crippen molar-refractivity contribution in [1.29, 1.82) is 0 Å². The highest BCUT2D eigenvalue weighted by atomic mass is 16.7. The highest BCUT2D eigenvalue weighted by molar-refractivity contribution is 6.03. The van der Waals surface area contributed by atoms with Gasteiger partial charge in [0.2, 0.25) is 12.7 Å². The van der Waals surface area contributed by atoms with Crippen LogP contribution in [0.3, 0.4) is 0 Å². The van der Waals surface area contributed by atoms with Crippen LogP contribution in [0.1, 0.15) is 55.4 Å². The van der Waals surface area contributed by atoms with Crippen LogP contribution in [0.15, 0.2) is 42.5 Å². The Morgan fingerprint density at radius 3 is 2.59 bits per heavy atom. The van der Waals surface area contributed by atoms with Crippen molar-refractivity contribution in [3.63, 3.8) is 0 Å². The number of aliphatic hydroxyl groups is 1. The van der Waals surface area contributed by atoms with E-state index in [1.54, 1.807) is 6.07 Å². The topological polar surface area (TPSA) is 113 Å². The number of carbonyl (C=O) groups is 2. The summed E-state index contributed by atoms with van der Waals surface area (Å²) < 4.78 is 10.9. The predicted molar refractivity (Wildman–Crippen MR) is 137 cm³/mol. The van der Waals surface area contributed by atoms with Crippen molar-refractivity contribution >= 4 is 28.4 Å². The molecular formula is C26H37N3O5. The molecule has 0 saturated heterocycles. The summed E-state index contributed by atoms with van der Waals surface area (Å²) in [4.78, 5) is 29.1. The third kappa shape index (κ3) is 3.98. The van der Waals surface area contributed by atoms with Gasteiger partial charge in [-0.3, -0.25) is 9.59 Å². The van der Waals surface area contributed by atoms with Crippen LogP contribution >= 0.6 is 0 Å². The fourth-order valence-electron chi connectivity index (χ4n) is 4.32. The van der Waals surface area contributed by atoms with E-state index in [0.29, 0.717) is 22.9 Å². The number of anilines is 1. The smallest absolute Gasteiger partial charge is 0.268 e. The molecule has 2 heterocycles. The quantitative estimate of drug-likeness (QED) is 0.417. The Kier molecular flexibility index (Phi) is 5.28. The zero-order valence-corrected chi connectivity index (χ0v) is 19.5. The summed E-state index contributed by atoms with van der Waals surface area (Å²) in [6.45, 7) is 5.95. The Morgan fingerprint density at radius 1 is 1.12 bits per heavy atom. The number of H-pyrrole nitrogens is 1. The number of benzene rings is 2. The number of hydrogen-bond acceptors (Lipinski definition) is 5. The minimum absolute atomic E-state index is 0. The van der Waals surface area contributed by atoms with E-state index >= 15 is 0 Å². The summed E-state index contributed by atoms with van der Waals surface area (Å²) in [6.07, 6.45) is 1.55. The maximum absolute atomic E-state index is 13.2. The number of hydrogen-bond donors (Lipinski definition) is 4. The lowest BCUT2D eigenvalue weighted by Gasteiger charge is -2.29. The van der Waals surface area contributed by atoms with Gasteiger partial charge in [0.25, 0.3) is 5.91 Å². The number of nitrogens with one attached hydrogen (secondary N) is 3. The molecule has 1 atom stereocenters. The van der Waals surface area contributed by atoms with Crippen molar-refractivity contribution < 1.29 is 29.9 Å². The highest BCUT2D eigenvalue weighted by Crippen LogP contribution is 2.51. The molecule has 1 saturated carbocycles. The van der Waals surface area contributed by atoms with Crippen LogP contribution in [-0.4, -0.2) is 41.3 Å². The molecule has 8 heteroatoms. The lowest BCUT2D eigenvalue weighted by Crippen LogP contribution is -2.46. The highest BCUT2D eigenvalue weighted by Gasteiger charge is 2.51. The minimum atomic E-state index is -0.564. The molecular weight excluding hydrogens is 434 g/mol. The second-order valence-corrected chi connectivity index (χ2v) is 10.2. The standard InChI is InChI=1S/C26H29N3O5.4H2/c1-25(2,3)22(13-30)29-23(31)19-11-15-10-17(5-6-18(15)28-19)27-24(32)26(8-9-26)16-4-7-20-21(12-16)34-14-33-20;;;;/h4-7,10-12,22,28,30H,8-9,13-14H2,1-3H3,(H,27,32)(H,29,31);4*1H. The average Bonchev–Trinajstić information content (AvgIpc) is 3.29. The first kappa shape index (κ1) is 22.3. The second kappa shape index (κ2) is 8.06. The Morgan fingerprint density at radius 2 is 1.88 bits per heavy atom. The first-order valence-electron chi connectivity index (χ1n) is 11.5. The monoisotopic (exact) mass is 471 g/mol. The van der Waals surface area contributed by atoms with E-state index in [4.69, 9.17) is 9.47 Å². The average molecular weight is 472 g/mol. The molecule has 2 aliphatic rings. The van der Waals surface area contributed by atoms with Crippen LogP contribution in [0.2, 0.25) is 0 Å². The van der Waals surface area contributed by atoms with Gasteiger partial charge in [-0.15, -0.1) is 0 Å². The number of fused-ring (bicyclic) bond motifs is 2. The van der Waals surface area contributed by atoms with E-state index in [0.717, 1.165) is 29.3 Å². The number of aromatic nitrogens is 1. The number of aliphatic hydroxyl groups excluding tert-OH is 1. The van der Waals surface area contributed by atoms with Gasteiger partial charge >= 0.3 is 0 Å². The molecule has 1 aliphatic heterocycles. The van der Waals surface area contributed by atoms with Gasteiger partial charge in [0.05, 0.1) is 18.1 Å².